The Balaban J connectivity index is -0.000000176. The van der Waals surface area contributed by atoms with Gasteiger partial charge in [0, 0.05) is 6.54 Å². The summed E-state index contributed by atoms with van der Waals surface area (Å²) in [6.07, 6.45) is 4.57. The lowest BCUT2D eigenvalue weighted by atomic mass is 10.1. The van der Waals surface area contributed by atoms with E-state index in [4.69, 9.17) is 47.7 Å². The number of carboxylic acid groups (broad SMARTS) is 2. The van der Waals surface area contributed by atoms with Gasteiger partial charge < -0.3 is 38.5 Å². The average molecular weight is 513 g/mol. The van der Waals surface area contributed by atoms with Crippen molar-refractivity contribution in [3.63, 3.8) is 0 Å². The fourth-order valence-electron chi connectivity index (χ4n) is 1.30. The Hall–Kier alpha value is -2.09. The van der Waals surface area contributed by atoms with Crippen molar-refractivity contribution in [2.24, 2.45) is 22.9 Å². The van der Waals surface area contributed by atoms with Gasteiger partial charge in [-0.3, -0.25) is 24.1 Å². The third kappa shape index (κ3) is 63.0. The second-order valence-electron chi connectivity index (χ2n) is 6.12. The van der Waals surface area contributed by atoms with Gasteiger partial charge in [-0.15, -0.1) is 0 Å². The van der Waals surface area contributed by atoms with Crippen molar-refractivity contribution < 1.29 is 45.7 Å². The average Bonchev–Trinajstić information content (AvgIpc) is 2.55. The molecule has 0 aliphatic carbocycles. The predicted molar refractivity (Wildman–Crippen MR) is 118 cm³/mol. The van der Waals surface area contributed by atoms with E-state index in [1.807, 2.05) is 0 Å². The first-order valence-corrected chi connectivity index (χ1v) is 12.5. The Morgan fingerprint density at radius 3 is 1.44 bits per heavy atom. The summed E-state index contributed by atoms with van der Waals surface area (Å²) >= 11 is 0. The first-order chi connectivity index (χ1) is 14.2. The number of nitrogens with one attached hydrogen (secondary N) is 2. The predicted octanol–water partition coefficient (Wildman–Crippen LogP) is -2.80. The van der Waals surface area contributed by atoms with Gasteiger partial charge in [0.15, 0.2) is 5.96 Å². The van der Waals surface area contributed by atoms with Crippen LogP contribution < -0.4 is 28.3 Å². The Morgan fingerprint density at radius 1 is 0.875 bits per heavy atom. The summed E-state index contributed by atoms with van der Waals surface area (Å²) in [5.74, 6) is -2.05. The molecule has 0 aromatic rings. The number of unbranched alkanes of at least 4 members (excludes halogenated alkanes) is 1. The third-order valence-corrected chi connectivity index (χ3v) is 2.61. The fraction of sp³-hybridized carbons (Fsp3) is 0.786. The molecule has 0 rings (SSSR count). The van der Waals surface area contributed by atoms with E-state index in [0.29, 0.717) is 44.9 Å². The molecule has 0 saturated heterocycles. The molecule has 0 radical (unpaired) electrons. The topological polar surface area (TPSA) is 323 Å². The summed E-state index contributed by atoms with van der Waals surface area (Å²) in [5, 5.41) is 26.0. The van der Waals surface area contributed by atoms with Gasteiger partial charge in [-0.25, -0.2) is 0 Å². The Kier molecular flexibility index (Phi) is 24.2. The van der Waals surface area contributed by atoms with Crippen LogP contribution in [0.5, 0.6) is 0 Å². The molecule has 0 aromatic heterocycles. The molecule has 0 saturated carbocycles. The summed E-state index contributed by atoms with van der Waals surface area (Å²) < 4.78 is 51.7. The van der Waals surface area contributed by atoms with E-state index in [-0.39, 0.29) is 5.96 Å². The monoisotopic (exact) mass is 512 g/mol. The Morgan fingerprint density at radius 2 is 1.19 bits per heavy atom. The molecule has 2 unspecified atom stereocenters. The fourth-order valence-corrected chi connectivity index (χ4v) is 1.30. The molecule has 18 heteroatoms. The molecule has 0 spiro atoms. The van der Waals surface area contributed by atoms with Crippen LogP contribution >= 0.6 is 0 Å². The maximum Gasteiger partial charge on any atom is 0.320 e. The highest BCUT2D eigenvalue weighted by Gasteiger charge is 2.10. The summed E-state index contributed by atoms with van der Waals surface area (Å²) in [6, 6.07) is -1.54. The summed E-state index contributed by atoms with van der Waals surface area (Å²) in [7, 11) is -7.33. The number of aliphatic carboxylic acids is 2. The quantitative estimate of drug-likeness (QED) is 0.0611. The van der Waals surface area contributed by atoms with Crippen LogP contribution in [0.4, 0.5) is 0 Å². The Labute approximate surface area is 187 Å². The van der Waals surface area contributed by atoms with Gasteiger partial charge in [0.2, 0.25) is 0 Å². The molecule has 0 bridgehead atoms. The number of rotatable bonds is 10. The van der Waals surface area contributed by atoms with Gasteiger partial charge in [0.25, 0.3) is 20.2 Å². The minimum absolute atomic E-state index is 0.112. The normalized spacial score (nSPS) is 12.2. The Bertz CT molecular complexity index is 684. The van der Waals surface area contributed by atoms with Crippen molar-refractivity contribution in [3.8, 4) is 0 Å². The number of carboxylic acids is 2. The smallest absolute Gasteiger partial charge is 0.320 e. The zero-order valence-corrected chi connectivity index (χ0v) is 19.6. The van der Waals surface area contributed by atoms with Crippen LogP contribution in [0, 0.1) is 5.41 Å². The molecule has 0 aromatic carbocycles. The van der Waals surface area contributed by atoms with Gasteiger partial charge in [0.05, 0.1) is 12.5 Å². The molecule has 0 heterocycles. The maximum absolute atomic E-state index is 10.2. The summed E-state index contributed by atoms with van der Waals surface area (Å²) in [4.78, 5) is 20.4. The summed E-state index contributed by atoms with van der Waals surface area (Å²) in [5.41, 5.74) is 20.6. The van der Waals surface area contributed by atoms with E-state index >= 15 is 0 Å². The van der Waals surface area contributed by atoms with E-state index in [9.17, 15) is 26.4 Å². The van der Waals surface area contributed by atoms with E-state index in [2.05, 4.69) is 5.32 Å². The molecule has 14 N–H and O–H groups in total. The highest BCUT2D eigenvalue weighted by Crippen LogP contribution is 1.97. The third-order valence-electron chi connectivity index (χ3n) is 2.61. The van der Waals surface area contributed by atoms with E-state index in [1.165, 1.54) is 0 Å². The number of nitrogens with two attached hydrogens (primary N) is 4. The van der Waals surface area contributed by atoms with Crippen molar-refractivity contribution in [1.82, 2.24) is 5.32 Å². The molecule has 2 atom stereocenters. The van der Waals surface area contributed by atoms with Crippen LogP contribution in [0.2, 0.25) is 0 Å². The number of hydrogen-bond acceptors (Lipinski definition) is 10. The zero-order chi connectivity index (χ0) is 26.5. The largest absolute Gasteiger partial charge is 0.480 e. The van der Waals surface area contributed by atoms with Crippen molar-refractivity contribution in [2.75, 3.05) is 25.6 Å². The van der Waals surface area contributed by atoms with Crippen LogP contribution in [-0.4, -0.2) is 91.7 Å². The second kappa shape index (κ2) is 20.8. The van der Waals surface area contributed by atoms with E-state index in [0.717, 1.165) is 12.8 Å². The van der Waals surface area contributed by atoms with Gasteiger partial charge in [-0.1, -0.05) is 6.42 Å². The van der Waals surface area contributed by atoms with Gasteiger partial charge in [0.1, 0.15) is 12.1 Å². The second-order valence-corrected chi connectivity index (χ2v) is 9.05. The van der Waals surface area contributed by atoms with Crippen LogP contribution in [0.3, 0.4) is 0 Å². The maximum atomic E-state index is 10.2. The number of hydrogen-bond donors (Lipinski definition) is 10. The molecule has 0 aliphatic heterocycles. The van der Waals surface area contributed by atoms with Gasteiger partial charge in [-0.2, -0.15) is 16.8 Å². The number of guanidine groups is 1. The van der Waals surface area contributed by atoms with Crippen LogP contribution in [0.1, 0.15) is 32.1 Å². The van der Waals surface area contributed by atoms with Crippen molar-refractivity contribution in [3.05, 3.63) is 0 Å². The zero-order valence-electron chi connectivity index (χ0n) is 18.0. The van der Waals surface area contributed by atoms with Gasteiger partial charge >= 0.3 is 11.9 Å². The lowest BCUT2D eigenvalue weighted by Crippen LogP contribution is -2.34. The van der Waals surface area contributed by atoms with Gasteiger partial charge in [-0.05, 0) is 32.2 Å². The molecular formula is C14H36N6O10S2. The minimum Gasteiger partial charge on any atom is -0.480 e. The van der Waals surface area contributed by atoms with Crippen molar-refractivity contribution >= 4 is 38.1 Å². The lowest BCUT2D eigenvalue weighted by molar-refractivity contribution is -0.139. The van der Waals surface area contributed by atoms with Crippen molar-refractivity contribution in [1.29, 1.82) is 5.41 Å². The summed E-state index contributed by atoms with van der Waals surface area (Å²) in [6.45, 7) is 1.09. The minimum atomic E-state index is -3.67. The van der Waals surface area contributed by atoms with E-state index < -0.39 is 44.3 Å². The van der Waals surface area contributed by atoms with Crippen molar-refractivity contribution in [2.45, 2.75) is 44.2 Å². The standard InChI is InChI=1S/C6H14N4O2.C6H14N2O2.2CH4O3S/c7-4(5(11)12)2-1-3-10-6(8)9;7-4-2-1-3-5(8)6(9)10;2*1-5(2,3)4/h4H,1-3,7H2,(H,11,12)(H4,8,9,10);5H,1-4,7-8H2,(H,9,10);2*1H3,(H,2,3,4). The molecule has 0 fully saturated rings. The van der Waals surface area contributed by atoms with Crippen LogP contribution in [-0.2, 0) is 29.8 Å². The highest BCUT2D eigenvalue weighted by molar-refractivity contribution is 7.85. The molecule has 32 heavy (non-hydrogen) atoms. The highest BCUT2D eigenvalue weighted by atomic mass is 32.2. The molecule has 194 valence electrons. The SMILES string of the molecule is CS(=O)(=O)O.CS(=O)(=O)O.N=C(N)NCCCC(N)C(=O)O.NCCCCC(N)C(=O)O. The number of carbonyl (C=O) groups is 2. The van der Waals surface area contributed by atoms with Crippen LogP contribution in [0.15, 0.2) is 0 Å². The first-order valence-electron chi connectivity index (χ1n) is 8.81. The molecule has 16 nitrogen and oxygen atoms in total. The molecule has 0 amide bonds. The lowest BCUT2D eigenvalue weighted by Gasteiger charge is -2.06. The first kappa shape index (κ1) is 37.2. The molecular weight excluding hydrogens is 476 g/mol. The molecule has 0 aliphatic rings. The van der Waals surface area contributed by atoms with Crippen LogP contribution in [0.25, 0.3) is 0 Å². The van der Waals surface area contributed by atoms with E-state index in [1.54, 1.807) is 0 Å².